The van der Waals surface area contributed by atoms with Crippen LogP contribution in [0.15, 0.2) is 12.3 Å². The van der Waals surface area contributed by atoms with E-state index in [1.807, 2.05) is 19.2 Å². The molecule has 1 aromatic heterocycles. The van der Waals surface area contributed by atoms with E-state index in [2.05, 4.69) is 14.9 Å². The van der Waals surface area contributed by atoms with Gasteiger partial charge in [0.05, 0.1) is 0 Å². The molecule has 0 bridgehead atoms. The monoisotopic (exact) mass is 206 g/mol. The average Bonchev–Trinajstić information content (AvgIpc) is 2.67. The summed E-state index contributed by atoms with van der Waals surface area (Å²) >= 11 is 0. The van der Waals surface area contributed by atoms with Gasteiger partial charge in [-0.05, 0) is 38.3 Å². The normalized spacial score (nSPS) is 20.9. The highest BCUT2D eigenvalue weighted by Gasteiger charge is 2.23. The molecule has 4 nitrogen and oxygen atoms in total. The largest absolute Gasteiger partial charge is 0.341 e. The molecule has 1 aliphatic heterocycles. The molecule has 1 aromatic rings. The van der Waals surface area contributed by atoms with Crippen LogP contribution in [-0.4, -0.2) is 29.6 Å². The molecule has 2 N–H and O–H groups in total. The molecule has 2 rings (SSSR count). The first-order chi connectivity index (χ1) is 7.29. The van der Waals surface area contributed by atoms with Crippen molar-refractivity contribution in [2.24, 2.45) is 11.7 Å². The summed E-state index contributed by atoms with van der Waals surface area (Å²) < 4.78 is 0. The molecule has 0 aliphatic carbocycles. The third-order valence-corrected chi connectivity index (χ3v) is 2.93. The first kappa shape index (κ1) is 10.4. The second-order valence-corrected chi connectivity index (χ2v) is 4.18. The Labute approximate surface area is 90.5 Å². The van der Waals surface area contributed by atoms with Crippen molar-refractivity contribution in [3.05, 3.63) is 18.0 Å². The van der Waals surface area contributed by atoms with Gasteiger partial charge in [-0.2, -0.15) is 0 Å². The van der Waals surface area contributed by atoms with Gasteiger partial charge in [-0.15, -0.1) is 0 Å². The number of hydrogen-bond donors (Lipinski definition) is 1. The van der Waals surface area contributed by atoms with Crippen LogP contribution in [0, 0.1) is 12.8 Å². The minimum absolute atomic E-state index is 0.721. The van der Waals surface area contributed by atoms with Crippen molar-refractivity contribution >= 4 is 5.95 Å². The number of anilines is 1. The zero-order chi connectivity index (χ0) is 10.7. The van der Waals surface area contributed by atoms with Crippen molar-refractivity contribution in [2.45, 2.75) is 19.8 Å². The van der Waals surface area contributed by atoms with Gasteiger partial charge in [0, 0.05) is 25.0 Å². The minimum Gasteiger partial charge on any atom is -0.341 e. The van der Waals surface area contributed by atoms with Gasteiger partial charge in [0.2, 0.25) is 5.95 Å². The Bertz CT molecular complexity index is 326. The summed E-state index contributed by atoms with van der Waals surface area (Å²) in [4.78, 5) is 11.0. The van der Waals surface area contributed by atoms with Gasteiger partial charge in [0.25, 0.3) is 0 Å². The van der Waals surface area contributed by atoms with Crippen LogP contribution in [0.1, 0.15) is 18.5 Å². The lowest BCUT2D eigenvalue weighted by molar-refractivity contribution is 0.545. The van der Waals surface area contributed by atoms with E-state index in [4.69, 9.17) is 5.73 Å². The molecule has 0 spiro atoms. The predicted molar refractivity (Wildman–Crippen MR) is 60.8 cm³/mol. The fourth-order valence-electron chi connectivity index (χ4n) is 2.07. The molecule has 2 heterocycles. The van der Waals surface area contributed by atoms with Crippen molar-refractivity contribution in [1.29, 1.82) is 0 Å². The zero-order valence-electron chi connectivity index (χ0n) is 9.19. The zero-order valence-corrected chi connectivity index (χ0v) is 9.19. The van der Waals surface area contributed by atoms with E-state index >= 15 is 0 Å². The summed E-state index contributed by atoms with van der Waals surface area (Å²) in [7, 11) is 0. The van der Waals surface area contributed by atoms with Gasteiger partial charge in [-0.1, -0.05) is 0 Å². The minimum atomic E-state index is 0.721. The Kier molecular flexibility index (Phi) is 3.16. The number of aromatic nitrogens is 2. The first-order valence-corrected chi connectivity index (χ1v) is 5.54. The maximum Gasteiger partial charge on any atom is 0.225 e. The molecular formula is C11H18N4. The molecule has 1 aliphatic rings. The third-order valence-electron chi connectivity index (χ3n) is 2.93. The average molecular weight is 206 g/mol. The van der Waals surface area contributed by atoms with Crippen LogP contribution in [-0.2, 0) is 0 Å². The molecule has 0 saturated carbocycles. The van der Waals surface area contributed by atoms with Crippen molar-refractivity contribution in [3.63, 3.8) is 0 Å². The number of aryl methyl sites for hydroxylation is 1. The Balaban J connectivity index is 2.01. The highest BCUT2D eigenvalue weighted by molar-refractivity contribution is 5.31. The fraction of sp³-hybridized carbons (Fsp3) is 0.636. The number of nitrogens with two attached hydrogens (primary N) is 1. The molecule has 4 heteroatoms. The standard InChI is InChI=1S/C11H18N4/c1-9-3-6-13-11(14-9)15-7-4-10(8-15)2-5-12/h3,6,10H,2,4-5,7-8,12H2,1H3. The van der Waals surface area contributed by atoms with E-state index in [1.54, 1.807) is 0 Å². The summed E-state index contributed by atoms with van der Waals surface area (Å²) in [5, 5.41) is 0. The topological polar surface area (TPSA) is 55.0 Å². The molecule has 1 fully saturated rings. The Morgan fingerprint density at radius 1 is 1.60 bits per heavy atom. The molecule has 0 aromatic carbocycles. The molecule has 1 atom stereocenters. The number of nitrogens with zero attached hydrogens (tertiary/aromatic N) is 3. The van der Waals surface area contributed by atoms with E-state index in [1.165, 1.54) is 6.42 Å². The summed E-state index contributed by atoms with van der Waals surface area (Å²) in [6.45, 7) is 4.90. The van der Waals surface area contributed by atoms with Crippen LogP contribution < -0.4 is 10.6 Å². The van der Waals surface area contributed by atoms with E-state index < -0.39 is 0 Å². The molecule has 1 unspecified atom stereocenters. The van der Waals surface area contributed by atoms with Gasteiger partial charge in [0.15, 0.2) is 0 Å². The molecule has 0 amide bonds. The molecule has 1 saturated heterocycles. The smallest absolute Gasteiger partial charge is 0.225 e. The van der Waals surface area contributed by atoms with Crippen molar-refractivity contribution in [1.82, 2.24) is 9.97 Å². The predicted octanol–water partition coefficient (Wildman–Crippen LogP) is 0.960. The second-order valence-electron chi connectivity index (χ2n) is 4.18. The van der Waals surface area contributed by atoms with Crippen LogP contribution in [0.25, 0.3) is 0 Å². The first-order valence-electron chi connectivity index (χ1n) is 5.54. The number of hydrogen-bond acceptors (Lipinski definition) is 4. The molecule has 0 radical (unpaired) electrons. The summed E-state index contributed by atoms with van der Waals surface area (Å²) in [5.74, 6) is 1.59. The van der Waals surface area contributed by atoms with Gasteiger partial charge >= 0.3 is 0 Å². The van der Waals surface area contributed by atoms with E-state index in [-0.39, 0.29) is 0 Å². The van der Waals surface area contributed by atoms with E-state index in [0.29, 0.717) is 0 Å². The van der Waals surface area contributed by atoms with Crippen molar-refractivity contribution in [3.8, 4) is 0 Å². The third kappa shape index (κ3) is 2.45. The highest BCUT2D eigenvalue weighted by Crippen LogP contribution is 2.22. The van der Waals surface area contributed by atoms with Crippen molar-refractivity contribution < 1.29 is 0 Å². The van der Waals surface area contributed by atoms with E-state index in [9.17, 15) is 0 Å². The van der Waals surface area contributed by atoms with Gasteiger partial charge in [0.1, 0.15) is 0 Å². The molecule has 82 valence electrons. The van der Waals surface area contributed by atoms with Crippen LogP contribution in [0.3, 0.4) is 0 Å². The van der Waals surface area contributed by atoms with Crippen LogP contribution in [0.2, 0.25) is 0 Å². The van der Waals surface area contributed by atoms with Crippen LogP contribution in [0.5, 0.6) is 0 Å². The lowest BCUT2D eigenvalue weighted by Crippen LogP contribution is -2.22. The quantitative estimate of drug-likeness (QED) is 0.800. The summed E-state index contributed by atoms with van der Waals surface area (Å²) in [6.07, 6.45) is 4.16. The molecule has 15 heavy (non-hydrogen) atoms. The lowest BCUT2D eigenvalue weighted by Gasteiger charge is -2.16. The van der Waals surface area contributed by atoms with E-state index in [0.717, 1.165) is 43.6 Å². The Morgan fingerprint density at radius 2 is 2.47 bits per heavy atom. The highest BCUT2D eigenvalue weighted by atomic mass is 15.3. The van der Waals surface area contributed by atoms with Crippen LogP contribution >= 0.6 is 0 Å². The van der Waals surface area contributed by atoms with Gasteiger partial charge < -0.3 is 10.6 Å². The van der Waals surface area contributed by atoms with Crippen molar-refractivity contribution in [2.75, 3.05) is 24.5 Å². The SMILES string of the molecule is Cc1ccnc(N2CCC(CCN)C2)n1. The number of rotatable bonds is 3. The van der Waals surface area contributed by atoms with Gasteiger partial charge in [-0.3, -0.25) is 0 Å². The Morgan fingerprint density at radius 3 is 3.20 bits per heavy atom. The van der Waals surface area contributed by atoms with Crippen LogP contribution in [0.4, 0.5) is 5.95 Å². The second kappa shape index (κ2) is 4.57. The lowest BCUT2D eigenvalue weighted by atomic mass is 10.1. The maximum atomic E-state index is 5.57. The molecular weight excluding hydrogens is 188 g/mol. The fourth-order valence-corrected chi connectivity index (χ4v) is 2.07. The Hall–Kier alpha value is -1.16. The summed E-state index contributed by atoms with van der Waals surface area (Å²) in [6, 6.07) is 1.93. The van der Waals surface area contributed by atoms with Gasteiger partial charge in [-0.25, -0.2) is 9.97 Å². The maximum absolute atomic E-state index is 5.57. The summed E-state index contributed by atoms with van der Waals surface area (Å²) in [5.41, 5.74) is 6.60.